The Morgan fingerprint density at radius 1 is 1.53 bits per heavy atom. The molecular weight excluding hydrogens is 260 g/mol. The van der Waals surface area contributed by atoms with E-state index >= 15 is 0 Å². The summed E-state index contributed by atoms with van der Waals surface area (Å²) < 4.78 is 5.13. The normalized spacial score (nSPS) is 16.1. The molecule has 0 saturated carbocycles. The van der Waals surface area contributed by atoms with E-state index in [1.165, 1.54) is 30.6 Å². The molecule has 1 atom stereocenters. The molecule has 0 saturated heterocycles. The maximum absolute atomic E-state index is 10.5. The lowest BCUT2D eigenvalue weighted by Gasteiger charge is -2.11. The van der Waals surface area contributed by atoms with Crippen LogP contribution in [0.2, 0.25) is 0 Å². The van der Waals surface area contributed by atoms with E-state index in [1.54, 1.807) is 10.4 Å². The van der Waals surface area contributed by atoms with Gasteiger partial charge < -0.3 is 15.8 Å². The van der Waals surface area contributed by atoms with E-state index in [2.05, 4.69) is 18.3 Å². The Morgan fingerprint density at radius 2 is 2.32 bits per heavy atom. The van der Waals surface area contributed by atoms with Crippen molar-refractivity contribution in [1.29, 1.82) is 0 Å². The number of primary amides is 1. The highest BCUT2D eigenvalue weighted by molar-refractivity contribution is 7.12. The first kappa shape index (κ1) is 14.5. The largest absolute Gasteiger partial charge is 0.370 e. The van der Waals surface area contributed by atoms with Crippen LogP contribution in [0.15, 0.2) is 6.07 Å². The zero-order chi connectivity index (χ0) is 13.7. The van der Waals surface area contributed by atoms with Crippen LogP contribution in [0.25, 0.3) is 0 Å². The van der Waals surface area contributed by atoms with Crippen molar-refractivity contribution in [3.63, 3.8) is 0 Å². The minimum absolute atomic E-state index is 0.00333. The number of nitrogens with two attached hydrogens (primary N) is 1. The molecule has 0 spiro atoms. The first-order valence-corrected chi connectivity index (χ1v) is 7.69. The number of carbonyl (C=O) groups is 1. The highest BCUT2D eigenvalue weighted by atomic mass is 32.1. The molecule has 1 aromatic heterocycles. The zero-order valence-electron chi connectivity index (χ0n) is 11.4. The summed E-state index contributed by atoms with van der Waals surface area (Å²) in [6.07, 6.45) is 5.14. The summed E-state index contributed by atoms with van der Waals surface area (Å²) in [6, 6.07) is 2.69. The van der Waals surface area contributed by atoms with Crippen LogP contribution in [0.5, 0.6) is 0 Å². The summed E-state index contributed by atoms with van der Waals surface area (Å²) in [5.41, 5.74) is 6.54. The minimum Gasteiger partial charge on any atom is -0.370 e. The molecule has 1 aliphatic rings. The quantitative estimate of drug-likeness (QED) is 0.749. The number of rotatable bonds is 7. The molecule has 106 valence electrons. The van der Waals surface area contributed by atoms with Crippen molar-refractivity contribution < 1.29 is 9.53 Å². The fourth-order valence-electron chi connectivity index (χ4n) is 2.35. The van der Waals surface area contributed by atoms with Gasteiger partial charge in [0.1, 0.15) is 6.61 Å². The molecule has 19 heavy (non-hydrogen) atoms. The second-order valence-electron chi connectivity index (χ2n) is 5.00. The summed E-state index contributed by atoms with van der Waals surface area (Å²) >= 11 is 1.93. The van der Waals surface area contributed by atoms with E-state index in [1.807, 2.05) is 11.3 Å². The summed E-state index contributed by atoms with van der Waals surface area (Å²) in [7, 11) is 0. The molecule has 0 radical (unpaired) electrons. The van der Waals surface area contributed by atoms with Gasteiger partial charge in [-0.25, -0.2) is 0 Å². The van der Waals surface area contributed by atoms with Gasteiger partial charge in [0.05, 0.1) is 6.61 Å². The zero-order valence-corrected chi connectivity index (χ0v) is 12.2. The first-order chi connectivity index (χ1) is 9.16. The van der Waals surface area contributed by atoms with Crippen molar-refractivity contribution in [3.8, 4) is 0 Å². The van der Waals surface area contributed by atoms with Gasteiger partial charge in [-0.1, -0.05) is 0 Å². The Hall–Kier alpha value is -0.910. The second kappa shape index (κ2) is 7.03. The standard InChI is InChI=1S/C14H22N2O2S/c1-10(16-6-7-18-9-14(15)17)13-8-11-4-2-3-5-12(11)19-13/h8,10,16H,2-7,9H2,1H3,(H2,15,17). The van der Waals surface area contributed by atoms with Crippen LogP contribution in [0, 0.1) is 0 Å². The molecule has 5 heteroatoms. The second-order valence-corrected chi connectivity index (χ2v) is 6.17. The van der Waals surface area contributed by atoms with Crippen LogP contribution in [0.4, 0.5) is 0 Å². The van der Waals surface area contributed by atoms with Gasteiger partial charge in [-0.2, -0.15) is 0 Å². The lowest BCUT2D eigenvalue weighted by atomic mass is 9.99. The number of hydrogen-bond acceptors (Lipinski definition) is 4. The lowest BCUT2D eigenvalue weighted by Crippen LogP contribution is -2.25. The molecule has 0 aromatic carbocycles. The van der Waals surface area contributed by atoms with Gasteiger partial charge in [0.2, 0.25) is 5.91 Å². The van der Waals surface area contributed by atoms with Crippen molar-refractivity contribution in [1.82, 2.24) is 5.32 Å². The molecule has 2 rings (SSSR count). The first-order valence-electron chi connectivity index (χ1n) is 6.87. The van der Waals surface area contributed by atoms with Gasteiger partial charge in [-0.15, -0.1) is 11.3 Å². The molecular formula is C14H22N2O2S. The number of fused-ring (bicyclic) bond motifs is 1. The lowest BCUT2D eigenvalue weighted by molar-refractivity contribution is -0.122. The van der Waals surface area contributed by atoms with Gasteiger partial charge in [0.15, 0.2) is 0 Å². The van der Waals surface area contributed by atoms with Gasteiger partial charge in [-0.05, 0) is 44.2 Å². The molecule has 0 aliphatic heterocycles. The van der Waals surface area contributed by atoms with Crippen molar-refractivity contribution in [2.45, 2.75) is 38.6 Å². The molecule has 1 unspecified atom stereocenters. The summed E-state index contributed by atoms with van der Waals surface area (Å²) in [5, 5.41) is 3.42. The average molecular weight is 282 g/mol. The maximum Gasteiger partial charge on any atom is 0.243 e. The highest BCUT2D eigenvalue weighted by Gasteiger charge is 2.16. The minimum atomic E-state index is -0.418. The predicted molar refractivity (Wildman–Crippen MR) is 77.4 cm³/mol. The highest BCUT2D eigenvalue weighted by Crippen LogP contribution is 2.32. The number of hydrogen-bond donors (Lipinski definition) is 2. The average Bonchev–Trinajstić information content (AvgIpc) is 2.81. The summed E-state index contributed by atoms with van der Waals surface area (Å²) in [6.45, 7) is 3.42. The molecule has 4 nitrogen and oxygen atoms in total. The fraction of sp³-hybridized carbons (Fsp3) is 0.643. The van der Waals surface area contributed by atoms with E-state index in [-0.39, 0.29) is 6.61 Å². The third-order valence-corrected chi connectivity index (χ3v) is 4.80. The van der Waals surface area contributed by atoms with E-state index in [9.17, 15) is 4.79 Å². The van der Waals surface area contributed by atoms with Crippen LogP contribution in [-0.2, 0) is 22.4 Å². The molecule has 3 N–H and O–H groups in total. The summed E-state index contributed by atoms with van der Waals surface area (Å²) in [5.74, 6) is -0.418. The van der Waals surface area contributed by atoms with Crippen molar-refractivity contribution >= 4 is 17.2 Å². The van der Waals surface area contributed by atoms with E-state index in [0.29, 0.717) is 12.6 Å². The van der Waals surface area contributed by atoms with Gasteiger partial charge in [0, 0.05) is 22.3 Å². The van der Waals surface area contributed by atoms with Gasteiger partial charge in [-0.3, -0.25) is 4.79 Å². The van der Waals surface area contributed by atoms with Crippen LogP contribution >= 0.6 is 11.3 Å². The SMILES string of the molecule is CC(NCCOCC(N)=O)c1cc2c(s1)CCCC2. The van der Waals surface area contributed by atoms with Crippen molar-refractivity contribution in [2.24, 2.45) is 5.73 Å². The van der Waals surface area contributed by atoms with Gasteiger partial charge in [0.25, 0.3) is 0 Å². The van der Waals surface area contributed by atoms with E-state index in [0.717, 1.165) is 6.54 Å². The van der Waals surface area contributed by atoms with E-state index in [4.69, 9.17) is 10.5 Å². The third-order valence-electron chi connectivity index (χ3n) is 3.38. The number of aryl methyl sites for hydroxylation is 2. The Balaban J connectivity index is 1.75. The van der Waals surface area contributed by atoms with Crippen molar-refractivity contribution in [2.75, 3.05) is 19.8 Å². The molecule has 0 fully saturated rings. The Morgan fingerprint density at radius 3 is 3.05 bits per heavy atom. The molecule has 0 bridgehead atoms. The number of nitrogens with one attached hydrogen (secondary N) is 1. The summed E-state index contributed by atoms with van der Waals surface area (Å²) in [4.78, 5) is 13.5. The monoisotopic (exact) mass is 282 g/mol. The Bertz CT molecular complexity index is 408. The van der Waals surface area contributed by atoms with Crippen LogP contribution in [-0.4, -0.2) is 25.7 Å². The predicted octanol–water partition coefficient (Wildman–Crippen LogP) is 1.78. The van der Waals surface area contributed by atoms with Crippen LogP contribution in [0.1, 0.15) is 41.1 Å². The number of amides is 1. The fourth-order valence-corrected chi connectivity index (χ4v) is 3.63. The van der Waals surface area contributed by atoms with Crippen LogP contribution < -0.4 is 11.1 Å². The molecule has 1 aromatic rings. The number of carbonyl (C=O) groups excluding carboxylic acids is 1. The number of ether oxygens (including phenoxy) is 1. The maximum atomic E-state index is 10.5. The molecule has 1 aliphatic carbocycles. The topological polar surface area (TPSA) is 64.3 Å². The third kappa shape index (κ3) is 4.30. The van der Waals surface area contributed by atoms with Crippen LogP contribution in [0.3, 0.4) is 0 Å². The smallest absolute Gasteiger partial charge is 0.243 e. The Labute approximate surface area is 118 Å². The molecule has 1 amide bonds. The molecule has 1 heterocycles. The van der Waals surface area contributed by atoms with Gasteiger partial charge >= 0.3 is 0 Å². The Kier molecular flexibility index (Phi) is 5.36. The van der Waals surface area contributed by atoms with Crippen molar-refractivity contribution in [3.05, 3.63) is 21.4 Å². The number of thiophene rings is 1. The van der Waals surface area contributed by atoms with E-state index < -0.39 is 5.91 Å².